The SMILES string of the molecule is CCCCC[C@H](/C=C/[C@@H]1[C@H](O[Si](C)(C)C(C)(C)C)C[C@H](N(C)C)[C@]1(C/C=C/CCCC#N)S(=O)(=O)c1ccccc1)O[Si](C)(C)C(C)(C)C. The van der Waals surface area contributed by atoms with Gasteiger partial charge in [-0.05, 0) is 94.6 Å². The molecule has 9 heteroatoms. The van der Waals surface area contributed by atoms with E-state index in [2.05, 4.69) is 110 Å². The van der Waals surface area contributed by atoms with E-state index in [4.69, 9.17) is 14.1 Å². The van der Waals surface area contributed by atoms with E-state index in [1.807, 2.05) is 32.3 Å². The van der Waals surface area contributed by atoms with Crippen molar-refractivity contribution in [2.45, 2.75) is 170 Å². The Hall–Kier alpha value is -1.55. The third-order valence-electron chi connectivity index (χ3n) is 11.6. The molecule has 49 heavy (non-hydrogen) atoms. The fourth-order valence-electron chi connectivity index (χ4n) is 6.55. The fourth-order valence-corrected chi connectivity index (χ4v) is 11.7. The van der Waals surface area contributed by atoms with Crippen molar-refractivity contribution in [2.75, 3.05) is 14.1 Å². The van der Waals surface area contributed by atoms with Gasteiger partial charge in [0.1, 0.15) is 4.75 Å². The van der Waals surface area contributed by atoms with Gasteiger partial charge in [-0.1, -0.05) is 110 Å². The van der Waals surface area contributed by atoms with E-state index in [0.717, 1.165) is 38.5 Å². The number of rotatable bonds is 18. The van der Waals surface area contributed by atoms with Crippen LogP contribution < -0.4 is 0 Å². The average Bonchev–Trinajstić information content (AvgIpc) is 3.30. The zero-order valence-electron chi connectivity index (χ0n) is 33.3. The molecule has 0 heterocycles. The van der Waals surface area contributed by atoms with Crippen molar-refractivity contribution in [2.24, 2.45) is 5.92 Å². The summed E-state index contributed by atoms with van der Waals surface area (Å²) in [6, 6.07) is 11.0. The lowest BCUT2D eigenvalue weighted by atomic mass is 9.86. The third-order valence-corrected chi connectivity index (χ3v) is 23.2. The first-order valence-electron chi connectivity index (χ1n) is 18.6. The van der Waals surface area contributed by atoms with Crippen molar-refractivity contribution in [3.63, 3.8) is 0 Å². The van der Waals surface area contributed by atoms with Crippen molar-refractivity contribution in [3.05, 3.63) is 54.6 Å². The summed E-state index contributed by atoms with van der Waals surface area (Å²) < 4.78 is 43.9. The van der Waals surface area contributed by atoms with E-state index in [9.17, 15) is 0 Å². The van der Waals surface area contributed by atoms with Crippen LogP contribution in [0.25, 0.3) is 0 Å². The molecule has 6 nitrogen and oxygen atoms in total. The Labute approximate surface area is 303 Å². The summed E-state index contributed by atoms with van der Waals surface area (Å²) in [5, 5.41) is 9.10. The number of allylic oxidation sites excluding steroid dienone is 2. The molecule has 0 saturated heterocycles. The predicted octanol–water partition coefficient (Wildman–Crippen LogP) is 10.7. The van der Waals surface area contributed by atoms with Gasteiger partial charge in [0.05, 0.1) is 23.2 Å². The minimum absolute atomic E-state index is 0.0345. The third kappa shape index (κ3) is 10.7. The van der Waals surface area contributed by atoms with Gasteiger partial charge in [-0.3, -0.25) is 0 Å². The highest BCUT2D eigenvalue weighted by atomic mass is 32.2. The highest BCUT2D eigenvalue weighted by Crippen LogP contribution is 2.53. The fraction of sp³-hybridized carbons (Fsp3) is 0.725. The zero-order valence-corrected chi connectivity index (χ0v) is 36.1. The van der Waals surface area contributed by atoms with Crippen LogP contribution in [0, 0.1) is 17.2 Å². The van der Waals surface area contributed by atoms with Gasteiger partial charge in [0.2, 0.25) is 0 Å². The van der Waals surface area contributed by atoms with Crippen LogP contribution in [0.3, 0.4) is 0 Å². The molecule has 1 aliphatic rings. The number of hydrogen-bond donors (Lipinski definition) is 0. The Morgan fingerprint density at radius 1 is 0.980 bits per heavy atom. The topological polar surface area (TPSA) is 79.6 Å². The van der Waals surface area contributed by atoms with Crippen molar-refractivity contribution < 1.29 is 17.3 Å². The highest BCUT2D eigenvalue weighted by molar-refractivity contribution is 7.93. The molecular weight excluding hydrogens is 661 g/mol. The molecule has 1 aromatic carbocycles. The summed E-state index contributed by atoms with van der Waals surface area (Å²) in [6.45, 7) is 24.9. The summed E-state index contributed by atoms with van der Waals surface area (Å²) in [7, 11) is -4.27. The molecule has 0 aromatic heterocycles. The van der Waals surface area contributed by atoms with Crippen LogP contribution in [-0.2, 0) is 18.7 Å². The maximum atomic E-state index is 15.4. The van der Waals surface area contributed by atoms with Crippen molar-refractivity contribution in [1.82, 2.24) is 4.90 Å². The second-order valence-corrected chi connectivity index (χ2v) is 29.2. The smallest absolute Gasteiger partial charge is 0.192 e. The number of unbranched alkanes of at least 4 members (excludes halogenated alkanes) is 4. The van der Waals surface area contributed by atoms with E-state index >= 15 is 8.42 Å². The first-order valence-corrected chi connectivity index (χ1v) is 25.9. The van der Waals surface area contributed by atoms with Crippen LogP contribution in [0.15, 0.2) is 59.5 Å². The first kappa shape index (κ1) is 43.6. The maximum Gasteiger partial charge on any atom is 0.192 e. The summed E-state index contributed by atoms with van der Waals surface area (Å²) >= 11 is 0. The van der Waals surface area contributed by atoms with Crippen molar-refractivity contribution >= 4 is 26.5 Å². The van der Waals surface area contributed by atoms with Crippen LogP contribution in [0.5, 0.6) is 0 Å². The molecule has 0 spiro atoms. The lowest BCUT2D eigenvalue weighted by molar-refractivity contribution is 0.149. The molecule has 2 rings (SSSR count). The van der Waals surface area contributed by atoms with E-state index in [-0.39, 0.29) is 28.3 Å². The summed E-state index contributed by atoms with van der Waals surface area (Å²) in [5.74, 6) is -0.403. The van der Waals surface area contributed by atoms with Crippen LogP contribution in [-0.4, -0.2) is 67.0 Å². The minimum Gasteiger partial charge on any atom is -0.413 e. The Balaban J connectivity index is 2.90. The van der Waals surface area contributed by atoms with Crippen LogP contribution in [0.4, 0.5) is 0 Å². The second kappa shape index (κ2) is 17.8. The first-order chi connectivity index (χ1) is 22.6. The Kier molecular flexibility index (Phi) is 15.8. The molecule has 5 atom stereocenters. The molecule has 0 radical (unpaired) electrons. The number of sulfone groups is 1. The van der Waals surface area contributed by atoms with Crippen LogP contribution >= 0.6 is 0 Å². The van der Waals surface area contributed by atoms with Crippen molar-refractivity contribution in [1.29, 1.82) is 5.26 Å². The van der Waals surface area contributed by atoms with Gasteiger partial charge in [0.25, 0.3) is 0 Å². The predicted molar refractivity (Wildman–Crippen MR) is 213 cm³/mol. The molecule has 1 fully saturated rings. The largest absolute Gasteiger partial charge is 0.413 e. The van der Waals surface area contributed by atoms with Gasteiger partial charge in [-0.2, -0.15) is 5.26 Å². The standard InChI is InChI=1S/C40H70N2O4SSi2/c1-14-15-20-25-33(45-48(10,11)38(2,3)4)28-29-35-36(46-49(12,13)39(5,6)7)32-37(42(8)9)40(35,30-23-17-16-18-24-31-41)47(43,44)34-26-21-19-22-27-34/h17,19,21-23,26-29,33,35-37H,14-16,18,20,24-25,30,32H2,1-13H3/b23-17+,29-28+/t33-,35-,36-,37+,40-/m1/s1. The lowest BCUT2D eigenvalue weighted by Crippen LogP contribution is -2.55. The molecule has 278 valence electrons. The Bertz CT molecular complexity index is 1370. The van der Waals surface area contributed by atoms with Crippen LogP contribution in [0.2, 0.25) is 36.3 Å². The van der Waals surface area contributed by atoms with Gasteiger partial charge in [0.15, 0.2) is 26.5 Å². The van der Waals surface area contributed by atoms with Gasteiger partial charge in [-0.25, -0.2) is 8.42 Å². The molecule has 1 aromatic rings. The van der Waals surface area contributed by atoms with Gasteiger partial charge in [0, 0.05) is 18.4 Å². The number of hydrogen-bond acceptors (Lipinski definition) is 6. The molecule has 0 unspecified atom stereocenters. The van der Waals surface area contributed by atoms with E-state index in [1.165, 1.54) is 0 Å². The second-order valence-electron chi connectivity index (χ2n) is 17.5. The Morgan fingerprint density at radius 3 is 2.12 bits per heavy atom. The molecule has 1 saturated carbocycles. The number of nitrogens with zero attached hydrogens (tertiary/aromatic N) is 2. The number of nitriles is 1. The summed E-state index contributed by atoms with van der Waals surface area (Å²) in [6.07, 6.45) is 15.4. The molecule has 0 amide bonds. The lowest BCUT2D eigenvalue weighted by Gasteiger charge is -2.43. The molecular formula is C40H70N2O4SSi2. The minimum atomic E-state index is -3.89. The van der Waals surface area contributed by atoms with E-state index in [1.54, 1.807) is 12.1 Å². The highest BCUT2D eigenvalue weighted by Gasteiger charge is 2.63. The number of benzene rings is 1. The van der Waals surface area contributed by atoms with E-state index < -0.39 is 37.1 Å². The zero-order chi connectivity index (χ0) is 37.3. The van der Waals surface area contributed by atoms with Gasteiger partial charge >= 0.3 is 0 Å². The molecule has 1 aliphatic carbocycles. The quantitative estimate of drug-likeness (QED) is 0.0850. The summed E-state index contributed by atoms with van der Waals surface area (Å²) in [4.78, 5) is 2.47. The normalized spacial score (nSPS) is 23.5. The van der Waals surface area contributed by atoms with Crippen molar-refractivity contribution in [3.8, 4) is 6.07 Å². The Morgan fingerprint density at radius 2 is 1.59 bits per heavy atom. The molecule has 0 N–H and O–H groups in total. The van der Waals surface area contributed by atoms with Gasteiger partial charge in [-0.15, -0.1) is 0 Å². The van der Waals surface area contributed by atoms with Crippen LogP contribution in [0.1, 0.15) is 106 Å². The molecule has 0 bridgehead atoms. The molecule has 0 aliphatic heterocycles. The monoisotopic (exact) mass is 730 g/mol. The summed E-state index contributed by atoms with van der Waals surface area (Å²) in [5.41, 5.74) is 0. The average molecular weight is 731 g/mol. The maximum absolute atomic E-state index is 15.4. The van der Waals surface area contributed by atoms with Gasteiger partial charge < -0.3 is 13.8 Å². The van der Waals surface area contributed by atoms with E-state index in [0.29, 0.717) is 24.2 Å².